The highest BCUT2D eigenvalue weighted by atomic mass is 16.6. The summed E-state index contributed by atoms with van der Waals surface area (Å²) in [5.74, 6) is 0. The maximum atomic E-state index is 11.5. The average molecular weight is 231 g/mol. The van der Waals surface area contributed by atoms with Gasteiger partial charge in [-0.25, -0.2) is 4.79 Å². The van der Waals surface area contributed by atoms with Crippen molar-refractivity contribution in [3.05, 3.63) is 0 Å². The maximum absolute atomic E-state index is 11.5. The molecule has 0 fully saturated rings. The molecule has 0 rings (SSSR count). The van der Waals surface area contributed by atoms with Crippen LogP contribution in [-0.2, 0) is 4.74 Å². The van der Waals surface area contributed by atoms with Crippen LogP contribution >= 0.6 is 0 Å². The molecular formula is C11H25N3O2. The Kier molecular flexibility index (Phi) is 7.08. The van der Waals surface area contributed by atoms with Gasteiger partial charge in [-0.05, 0) is 27.8 Å². The largest absolute Gasteiger partial charge is 0.444 e. The molecule has 1 amide bonds. The number of hydrogen-bond acceptors (Lipinski definition) is 4. The van der Waals surface area contributed by atoms with Crippen LogP contribution in [0.25, 0.3) is 0 Å². The van der Waals surface area contributed by atoms with E-state index in [0.717, 1.165) is 19.6 Å². The Bertz CT molecular complexity index is 202. The summed E-state index contributed by atoms with van der Waals surface area (Å²) in [6, 6.07) is 0. The monoisotopic (exact) mass is 231 g/mol. The molecular weight excluding hydrogens is 206 g/mol. The highest BCUT2D eigenvalue weighted by Gasteiger charge is 2.18. The fourth-order valence-electron chi connectivity index (χ4n) is 1.02. The lowest BCUT2D eigenvalue weighted by Gasteiger charge is -2.24. The number of likely N-dealkylation sites (N-methyl/N-ethyl adjacent to an activating group) is 2. The molecule has 16 heavy (non-hydrogen) atoms. The van der Waals surface area contributed by atoms with Crippen LogP contribution in [0.5, 0.6) is 0 Å². The van der Waals surface area contributed by atoms with Crippen molar-refractivity contribution in [3.63, 3.8) is 0 Å². The van der Waals surface area contributed by atoms with Crippen molar-refractivity contribution < 1.29 is 9.53 Å². The Balaban J connectivity index is 3.64. The molecule has 0 aromatic carbocycles. The molecule has 0 aliphatic carbocycles. The maximum Gasteiger partial charge on any atom is 0.410 e. The lowest BCUT2D eigenvalue weighted by atomic mass is 10.2. The van der Waals surface area contributed by atoms with E-state index in [0.29, 0.717) is 6.54 Å². The SMILES string of the molecule is CNCCNCCN(C)C(=O)OC(C)(C)C. The number of carbonyl (C=O) groups excluding carboxylic acids is 1. The lowest BCUT2D eigenvalue weighted by molar-refractivity contribution is 0.0300. The van der Waals surface area contributed by atoms with Gasteiger partial charge in [0.2, 0.25) is 0 Å². The van der Waals surface area contributed by atoms with Crippen molar-refractivity contribution >= 4 is 6.09 Å². The van der Waals surface area contributed by atoms with Gasteiger partial charge in [-0.1, -0.05) is 0 Å². The minimum Gasteiger partial charge on any atom is -0.444 e. The predicted octanol–water partition coefficient (Wildman–Crippen LogP) is 0.662. The second kappa shape index (κ2) is 7.46. The summed E-state index contributed by atoms with van der Waals surface area (Å²) >= 11 is 0. The van der Waals surface area contributed by atoms with E-state index in [-0.39, 0.29) is 6.09 Å². The van der Waals surface area contributed by atoms with Gasteiger partial charge in [-0.3, -0.25) is 0 Å². The van der Waals surface area contributed by atoms with E-state index in [1.54, 1.807) is 11.9 Å². The van der Waals surface area contributed by atoms with Crippen LogP contribution in [0.15, 0.2) is 0 Å². The summed E-state index contributed by atoms with van der Waals surface area (Å²) < 4.78 is 5.22. The highest BCUT2D eigenvalue weighted by molar-refractivity contribution is 5.67. The van der Waals surface area contributed by atoms with Crippen LogP contribution in [-0.4, -0.2) is 56.9 Å². The molecule has 5 nitrogen and oxygen atoms in total. The molecule has 2 N–H and O–H groups in total. The summed E-state index contributed by atoms with van der Waals surface area (Å²) in [4.78, 5) is 13.1. The van der Waals surface area contributed by atoms with Crippen molar-refractivity contribution in [2.75, 3.05) is 40.3 Å². The van der Waals surface area contributed by atoms with Gasteiger partial charge in [0.05, 0.1) is 0 Å². The Labute approximate surface area is 98.5 Å². The first-order chi connectivity index (χ1) is 7.37. The van der Waals surface area contributed by atoms with Gasteiger partial charge in [-0.2, -0.15) is 0 Å². The molecule has 96 valence electrons. The molecule has 0 saturated carbocycles. The third-order valence-corrected chi connectivity index (χ3v) is 1.88. The van der Waals surface area contributed by atoms with Gasteiger partial charge >= 0.3 is 6.09 Å². The Morgan fingerprint density at radius 3 is 2.38 bits per heavy atom. The molecule has 0 saturated heterocycles. The van der Waals surface area contributed by atoms with E-state index in [1.165, 1.54) is 0 Å². The Hall–Kier alpha value is -0.810. The van der Waals surface area contributed by atoms with E-state index in [1.807, 2.05) is 27.8 Å². The summed E-state index contributed by atoms with van der Waals surface area (Å²) in [6.45, 7) is 8.85. The van der Waals surface area contributed by atoms with Crippen molar-refractivity contribution in [2.24, 2.45) is 0 Å². The summed E-state index contributed by atoms with van der Waals surface area (Å²) in [7, 11) is 3.66. The van der Waals surface area contributed by atoms with Crippen molar-refractivity contribution in [1.29, 1.82) is 0 Å². The zero-order valence-corrected chi connectivity index (χ0v) is 11.1. The fourth-order valence-corrected chi connectivity index (χ4v) is 1.02. The first-order valence-corrected chi connectivity index (χ1v) is 5.66. The highest BCUT2D eigenvalue weighted by Crippen LogP contribution is 2.08. The van der Waals surface area contributed by atoms with Crippen LogP contribution in [0.1, 0.15) is 20.8 Å². The van der Waals surface area contributed by atoms with Crippen molar-refractivity contribution in [2.45, 2.75) is 26.4 Å². The minimum absolute atomic E-state index is 0.275. The van der Waals surface area contributed by atoms with E-state index in [9.17, 15) is 4.79 Å². The predicted molar refractivity (Wildman–Crippen MR) is 65.7 cm³/mol. The van der Waals surface area contributed by atoms with Crippen LogP contribution in [0.3, 0.4) is 0 Å². The number of ether oxygens (including phenoxy) is 1. The molecule has 0 aromatic heterocycles. The molecule has 0 aliphatic rings. The average Bonchev–Trinajstić information content (AvgIpc) is 2.14. The number of nitrogens with one attached hydrogen (secondary N) is 2. The van der Waals surface area contributed by atoms with Gasteiger partial charge in [0.1, 0.15) is 5.60 Å². The number of hydrogen-bond donors (Lipinski definition) is 2. The molecule has 0 atom stereocenters. The zero-order valence-electron chi connectivity index (χ0n) is 11.1. The van der Waals surface area contributed by atoms with Crippen LogP contribution < -0.4 is 10.6 Å². The fraction of sp³-hybridized carbons (Fsp3) is 0.909. The first-order valence-electron chi connectivity index (χ1n) is 5.66. The Morgan fingerprint density at radius 2 is 1.88 bits per heavy atom. The Morgan fingerprint density at radius 1 is 1.25 bits per heavy atom. The third kappa shape index (κ3) is 8.49. The molecule has 0 heterocycles. The van der Waals surface area contributed by atoms with Crippen molar-refractivity contribution in [1.82, 2.24) is 15.5 Å². The number of carbonyl (C=O) groups is 1. The standard InChI is InChI=1S/C11H25N3O2/c1-11(2,3)16-10(15)14(5)9-8-13-7-6-12-4/h12-13H,6-9H2,1-5H3. The molecule has 0 aliphatic heterocycles. The topological polar surface area (TPSA) is 53.6 Å². The van der Waals surface area contributed by atoms with Gasteiger partial charge in [0, 0.05) is 33.2 Å². The van der Waals surface area contributed by atoms with E-state index >= 15 is 0 Å². The van der Waals surface area contributed by atoms with Gasteiger partial charge < -0.3 is 20.3 Å². The zero-order chi connectivity index (χ0) is 12.6. The molecule has 0 bridgehead atoms. The normalized spacial score (nSPS) is 11.3. The second-order valence-corrected chi connectivity index (χ2v) is 4.76. The third-order valence-electron chi connectivity index (χ3n) is 1.88. The second-order valence-electron chi connectivity index (χ2n) is 4.76. The number of nitrogens with zero attached hydrogens (tertiary/aromatic N) is 1. The first kappa shape index (κ1) is 15.2. The lowest BCUT2D eigenvalue weighted by Crippen LogP contribution is -2.38. The smallest absolute Gasteiger partial charge is 0.410 e. The van der Waals surface area contributed by atoms with E-state index in [4.69, 9.17) is 4.74 Å². The molecule has 0 spiro atoms. The molecule has 5 heteroatoms. The summed E-state index contributed by atoms with van der Waals surface area (Å²) in [5.41, 5.74) is -0.426. The summed E-state index contributed by atoms with van der Waals surface area (Å²) in [5, 5.41) is 6.26. The summed E-state index contributed by atoms with van der Waals surface area (Å²) in [6.07, 6.45) is -0.275. The van der Waals surface area contributed by atoms with Crippen molar-refractivity contribution in [3.8, 4) is 0 Å². The quantitative estimate of drug-likeness (QED) is 0.660. The molecule has 0 radical (unpaired) electrons. The van der Waals surface area contributed by atoms with E-state index < -0.39 is 5.60 Å². The minimum atomic E-state index is -0.426. The molecule has 0 aromatic rings. The number of rotatable bonds is 6. The van der Waals surface area contributed by atoms with Crippen LogP contribution in [0.2, 0.25) is 0 Å². The van der Waals surface area contributed by atoms with Gasteiger partial charge in [0.25, 0.3) is 0 Å². The van der Waals surface area contributed by atoms with Crippen LogP contribution in [0, 0.1) is 0 Å². The number of amides is 1. The van der Waals surface area contributed by atoms with Gasteiger partial charge in [-0.15, -0.1) is 0 Å². The van der Waals surface area contributed by atoms with E-state index in [2.05, 4.69) is 10.6 Å². The van der Waals surface area contributed by atoms with Gasteiger partial charge in [0.15, 0.2) is 0 Å². The van der Waals surface area contributed by atoms with Crippen LogP contribution in [0.4, 0.5) is 4.79 Å². The molecule has 0 unspecified atom stereocenters.